The molecule has 8 heavy (non-hydrogen) atoms. The Morgan fingerprint density at radius 2 is 2.38 bits per heavy atom. The summed E-state index contributed by atoms with van der Waals surface area (Å²) in [6.45, 7) is 1.60. The van der Waals surface area contributed by atoms with E-state index in [4.69, 9.17) is 5.73 Å². The van der Waals surface area contributed by atoms with E-state index in [1.54, 1.807) is 6.92 Å². The highest BCUT2D eigenvalue weighted by atomic mass is 16.1. The van der Waals surface area contributed by atoms with E-state index in [1.807, 2.05) is 0 Å². The van der Waals surface area contributed by atoms with Crippen LogP contribution < -0.4 is 5.73 Å². The molecule has 0 aromatic carbocycles. The van der Waals surface area contributed by atoms with Crippen molar-refractivity contribution >= 4 is 12.0 Å². The summed E-state index contributed by atoms with van der Waals surface area (Å²) in [7, 11) is 0. The van der Waals surface area contributed by atoms with Crippen LogP contribution in [0.4, 0.5) is 0 Å². The predicted octanol–water partition coefficient (Wildman–Crippen LogP) is 0.0761. The molecule has 0 fully saturated rings. The van der Waals surface area contributed by atoms with Crippen molar-refractivity contribution in [1.29, 1.82) is 0 Å². The monoisotopic (exact) mass is 112 g/mol. The van der Waals surface area contributed by atoms with Crippen LogP contribution in [0.5, 0.6) is 0 Å². The SMILES string of the molecule is CC(C=O)=N/C=C\N. The van der Waals surface area contributed by atoms with Crippen LogP contribution >= 0.6 is 0 Å². The summed E-state index contributed by atoms with van der Waals surface area (Å²) in [5, 5.41) is 0. The standard InChI is InChI=1S/C5H8N2O/c1-5(4-8)7-3-2-6/h2-4H,6H2,1H3/b3-2-,7-5?. The van der Waals surface area contributed by atoms with Gasteiger partial charge in [-0.1, -0.05) is 0 Å². The highest BCUT2D eigenvalue weighted by Gasteiger charge is 1.77. The maximum Gasteiger partial charge on any atom is 0.163 e. The van der Waals surface area contributed by atoms with Crippen molar-refractivity contribution in [3.05, 3.63) is 12.4 Å². The Labute approximate surface area is 47.9 Å². The highest BCUT2D eigenvalue weighted by Crippen LogP contribution is 1.72. The second-order valence-electron chi connectivity index (χ2n) is 1.23. The van der Waals surface area contributed by atoms with E-state index in [2.05, 4.69) is 4.99 Å². The zero-order valence-corrected chi connectivity index (χ0v) is 4.66. The van der Waals surface area contributed by atoms with E-state index < -0.39 is 0 Å². The molecule has 0 aliphatic carbocycles. The average Bonchev–Trinajstić information content (AvgIpc) is 1.83. The number of aldehydes is 1. The minimum atomic E-state index is 0.423. The van der Waals surface area contributed by atoms with Crippen LogP contribution in [-0.4, -0.2) is 12.0 Å². The average molecular weight is 112 g/mol. The Hall–Kier alpha value is -1.12. The van der Waals surface area contributed by atoms with Gasteiger partial charge in [0.15, 0.2) is 6.29 Å². The van der Waals surface area contributed by atoms with Crippen molar-refractivity contribution in [3.8, 4) is 0 Å². The van der Waals surface area contributed by atoms with Gasteiger partial charge in [-0.2, -0.15) is 0 Å². The number of nitrogens with zero attached hydrogens (tertiary/aromatic N) is 1. The number of carbonyl (C=O) groups excluding carboxylic acids is 1. The third kappa shape index (κ3) is 3.08. The zero-order chi connectivity index (χ0) is 6.41. The molecular weight excluding hydrogens is 104 g/mol. The van der Waals surface area contributed by atoms with Gasteiger partial charge in [0.05, 0.1) is 5.71 Å². The number of carbonyl (C=O) groups is 1. The molecule has 0 spiro atoms. The largest absolute Gasteiger partial charge is 0.403 e. The summed E-state index contributed by atoms with van der Waals surface area (Å²) in [5.41, 5.74) is 5.35. The third-order valence-electron chi connectivity index (χ3n) is 0.535. The van der Waals surface area contributed by atoms with Gasteiger partial charge < -0.3 is 5.73 Å². The van der Waals surface area contributed by atoms with Crippen molar-refractivity contribution in [1.82, 2.24) is 0 Å². The van der Waals surface area contributed by atoms with Crippen molar-refractivity contribution in [2.45, 2.75) is 6.92 Å². The number of rotatable bonds is 2. The molecule has 0 amide bonds. The number of hydrogen-bond donors (Lipinski definition) is 1. The van der Waals surface area contributed by atoms with Gasteiger partial charge in [0.1, 0.15) is 0 Å². The molecule has 0 heterocycles. The third-order valence-corrected chi connectivity index (χ3v) is 0.535. The fourth-order valence-electron chi connectivity index (χ4n) is 0.191. The lowest BCUT2D eigenvalue weighted by Gasteiger charge is -1.77. The molecular formula is C5H8N2O. The maximum absolute atomic E-state index is 9.81. The summed E-state index contributed by atoms with van der Waals surface area (Å²) >= 11 is 0. The molecule has 3 heteroatoms. The topological polar surface area (TPSA) is 55.5 Å². The second-order valence-corrected chi connectivity index (χ2v) is 1.23. The summed E-state index contributed by atoms with van der Waals surface area (Å²) < 4.78 is 0. The van der Waals surface area contributed by atoms with Gasteiger partial charge in [0, 0.05) is 12.4 Å². The smallest absolute Gasteiger partial charge is 0.163 e. The van der Waals surface area contributed by atoms with Gasteiger partial charge in [-0.25, -0.2) is 0 Å². The van der Waals surface area contributed by atoms with Gasteiger partial charge in [-0.05, 0) is 6.92 Å². The van der Waals surface area contributed by atoms with E-state index in [0.29, 0.717) is 12.0 Å². The first-order chi connectivity index (χ1) is 3.81. The van der Waals surface area contributed by atoms with Crippen LogP contribution in [-0.2, 0) is 4.79 Å². The fraction of sp³-hybridized carbons (Fsp3) is 0.200. The minimum Gasteiger partial charge on any atom is -0.403 e. The lowest BCUT2D eigenvalue weighted by Crippen LogP contribution is -1.89. The van der Waals surface area contributed by atoms with E-state index in [0.717, 1.165) is 0 Å². The Morgan fingerprint density at radius 1 is 1.75 bits per heavy atom. The van der Waals surface area contributed by atoms with Gasteiger partial charge in [0.25, 0.3) is 0 Å². The Kier molecular flexibility index (Phi) is 3.48. The van der Waals surface area contributed by atoms with Gasteiger partial charge in [0.2, 0.25) is 0 Å². The summed E-state index contributed by atoms with van der Waals surface area (Å²) in [6.07, 6.45) is 3.30. The normalized spacial score (nSPS) is 12.4. The van der Waals surface area contributed by atoms with E-state index in [-0.39, 0.29) is 0 Å². The lowest BCUT2D eigenvalue weighted by molar-refractivity contribution is -0.102. The van der Waals surface area contributed by atoms with Crippen LogP contribution in [0.25, 0.3) is 0 Å². The van der Waals surface area contributed by atoms with Gasteiger partial charge >= 0.3 is 0 Å². The molecule has 0 aliphatic heterocycles. The number of aliphatic imine (C=N–C) groups is 1. The van der Waals surface area contributed by atoms with Crippen molar-refractivity contribution in [2.24, 2.45) is 10.7 Å². The molecule has 0 aliphatic rings. The summed E-state index contributed by atoms with van der Waals surface area (Å²) in [4.78, 5) is 13.4. The Balaban J connectivity index is 3.74. The molecule has 0 rings (SSSR count). The lowest BCUT2D eigenvalue weighted by atomic mass is 10.5. The van der Waals surface area contributed by atoms with Crippen molar-refractivity contribution in [3.63, 3.8) is 0 Å². The molecule has 0 unspecified atom stereocenters. The summed E-state index contributed by atoms with van der Waals surface area (Å²) in [6, 6.07) is 0. The molecule has 0 radical (unpaired) electrons. The Bertz CT molecular complexity index is 126. The predicted molar refractivity (Wildman–Crippen MR) is 32.5 cm³/mol. The quantitative estimate of drug-likeness (QED) is 0.406. The van der Waals surface area contributed by atoms with Gasteiger partial charge in [-0.3, -0.25) is 9.79 Å². The molecule has 0 saturated carbocycles. The first kappa shape index (κ1) is 6.88. The van der Waals surface area contributed by atoms with Gasteiger partial charge in [-0.15, -0.1) is 0 Å². The minimum absolute atomic E-state index is 0.423. The van der Waals surface area contributed by atoms with Crippen molar-refractivity contribution in [2.75, 3.05) is 0 Å². The first-order valence-electron chi connectivity index (χ1n) is 2.17. The Morgan fingerprint density at radius 3 is 2.75 bits per heavy atom. The fourth-order valence-corrected chi connectivity index (χ4v) is 0.191. The van der Waals surface area contributed by atoms with Crippen LogP contribution in [0.1, 0.15) is 6.92 Å². The molecule has 44 valence electrons. The van der Waals surface area contributed by atoms with Crippen molar-refractivity contribution < 1.29 is 4.79 Å². The first-order valence-corrected chi connectivity index (χ1v) is 2.17. The molecule has 0 aromatic rings. The van der Waals surface area contributed by atoms with Crippen LogP contribution in [0.3, 0.4) is 0 Å². The number of nitrogens with two attached hydrogens (primary N) is 1. The van der Waals surface area contributed by atoms with Crippen LogP contribution in [0.2, 0.25) is 0 Å². The molecule has 0 atom stereocenters. The zero-order valence-electron chi connectivity index (χ0n) is 4.66. The second kappa shape index (κ2) is 4.05. The van der Waals surface area contributed by atoms with E-state index in [9.17, 15) is 4.79 Å². The van der Waals surface area contributed by atoms with E-state index in [1.165, 1.54) is 12.4 Å². The summed E-state index contributed by atoms with van der Waals surface area (Å²) in [5.74, 6) is 0. The van der Waals surface area contributed by atoms with E-state index >= 15 is 0 Å². The van der Waals surface area contributed by atoms with Crippen LogP contribution in [0.15, 0.2) is 17.4 Å². The molecule has 0 bridgehead atoms. The molecule has 2 N–H and O–H groups in total. The molecule has 0 aromatic heterocycles. The number of hydrogen-bond acceptors (Lipinski definition) is 3. The molecule has 3 nitrogen and oxygen atoms in total. The molecule has 0 saturated heterocycles. The highest BCUT2D eigenvalue weighted by molar-refractivity contribution is 6.27. The van der Waals surface area contributed by atoms with Crippen LogP contribution in [0, 0.1) is 0 Å². The maximum atomic E-state index is 9.81.